The van der Waals surface area contributed by atoms with Crippen molar-refractivity contribution in [2.75, 3.05) is 32.7 Å². The number of piperazine rings is 1. The number of nitrogens with zero attached hydrogens (tertiary/aromatic N) is 3. The summed E-state index contributed by atoms with van der Waals surface area (Å²) in [6.07, 6.45) is 3.47. The molecule has 0 saturated carbocycles. The Kier molecular flexibility index (Phi) is 6.28. The van der Waals surface area contributed by atoms with Gasteiger partial charge in [-0.15, -0.1) is 0 Å². The fourth-order valence-electron chi connectivity index (χ4n) is 4.66. The van der Waals surface area contributed by atoms with Gasteiger partial charge >= 0.3 is 5.63 Å². The minimum absolute atomic E-state index is 0.0356. The zero-order chi connectivity index (χ0) is 22.0. The fourth-order valence-corrected chi connectivity index (χ4v) is 4.66. The van der Waals surface area contributed by atoms with Crippen molar-refractivity contribution in [1.82, 2.24) is 9.80 Å². The molecule has 2 aromatic rings. The van der Waals surface area contributed by atoms with Crippen molar-refractivity contribution in [3.05, 3.63) is 39.2 Å². The van der Waals surface area contributed by atoms with Crippen LogP contribution in [0.4, 0.5) is 0 Å². The summed E-state index contributed by atoms with van der Waals surface area (Å²) in [6, 6.07) is 6.00. The monoisotopic (exact) mass is 423 g/mol. The topological polar surface area (TPSA) is 86.8 Å². The van der Waals surface area contributed by atoms with Gasteiger partial charge in [-0.1, -0.05) is 0 Å². The first kappa shape index (κ1) is 21.4. The Morgan fingerprint density at radius 3 is 2.71 bits per heavy atom. The number of carbonyl (C=O) groups excluding carboxylic acids is 1. The molecule has 1 aromatic heterocycles. The number of aryl methyl sites for hydroxylation is 2. The van der Waals surface area contributed by atoms with E-state index in [-0.39, 0.29) is 11.5 Å². The van der Waals surface area contributed by atoms with E-state index in [9.17, 15) is 9.59 Å². The van der Waals surface area contributed by atoms with Crippen LogP contribution in [0, 0.1) is 18.3 Å². The maximum atomic E-state index is 12.9. The fraction of sp³-hybridized carbons (Fsp3) is 0.542. The van der Waals surface area contributed by atoms with Gasteiger partial charge < -0.3 is 14.1 Å². The van der Waals surface area contributed by atoms with Gasteiger partial charge in [0.2, 0.25) is 0 Å². The Morgan fingerprint density at radius 1 is 1.23 bits per heavy atom. The first-order chi connectivity index (χ1) is 15.0. The highest BCUT2D eigenvalue weighted by atomic mass is 16.5. The van der Waals surface area contributed by atoms with Crippen LogP contribution in [-0.4, -0.2) is 54.5 Å². The summed E-state index contributed by atoms with van der Waals surface area (Å²) in [5.41, 5.74) is 2.96. The molecule has 1 aliphatic heterocycles. The summed E-state index contributed by atoms with van der Waals surface area (Å²) in [7, 11) is 0. The molecule has 1 atom stereocenters. The zero-order valence-corrected chi connectivity index (χ0v) is 18.3. The van der Waals surface area contributed by atoms with Crippen LogP contribution < -0.4 is 10.4 Å². The molecule has 1 fully saturated rings. The lowest BCUT2D eigenvalue weighted by Crippen LogP contribution is -2.52. The Balaban J connectivity index is 1.43. The molecule has 0 radical (unpaired) electrons. The molecule has 2 heterocycles. The van der Waals surface area contributed by atoms with Crippen LogP contribution in [0.15, 0.2) is 21.3 Å². The van der Waals surface area contributed by atoms with Gasteiger partial charge in [-0.2, -0.15) is 5.26 Å². The molecule has 1 saturated heterocycles. The highest BCUT2D eigenvalue weighted by Crippen LogP contribution is 2.33. The van der Waals surface area contributed by atoms with Crippen LogP contribution in [0.1, 0.15) is 42.9 Å². The standard InChI is InChI=1S/C24H29N3O4/c1-16-21(9-8-19-18-6-5-7-20(18)24(29)31-22(16)19)30-17(2)23(28)27-14-12-26(13-15-27)11-4-3-10-25/h8-9,17H,3-7,11-15H2,1-2H3. The van der Waals surface area contributed by atoms with Gasteiger partial charge in [-0.05, 0) is 63.8 Å². The molecular formula is C24H29N3O4. The van der Waals surface area contributed by atoms with E-state index >= 15 is 0 Å². The van der Waals surface area contributed by atoms with Gasteiger partial charge in [-0.3, -0.25) is 9.69 Å². The predicted octanol–water partition coefficient (Wildman–Crippen LogP) is 2.81. The Labute approximate surface area is 182 Å². The first-order valence-corrected chi connectivity index (χ1v) is 11.1. The Morgan fingerprint density at radius 2 is 1.97 bits per heavy atom. The molecular weight excluding hydrogens is 394 g/mol. The third kappa shape index (κ3) is 4.31. The van der Waals surface area contributed by atoms with Gasteiger partial charge in [0.05, 0.1) is 6.07 Å². The lowest BCUT2D eigenvalue weighted by atomic mass is 10.0. The van der Waals surface area contributed by atoms with Gasteiger partial charge in [0.25, 0.3) is 5.91 Å². The number of hydrogen-bond acceptors (Lipinski definition) is 6. The van der Waals surface area contributed by atoms with Crippen LogP contribution in [0.25, 0.3) is 11.0 Å². The molecule has 31 heavy (non-hydrogen) atoms. The summed E-state index contributed by atoms with van der Waals surface area (Å²) in [6.45, 7) is 7.49. The second-order valence-corrected chi connectivity index (χ2v) is 8.45. The van der Waals surface area contributed by atoms with Gasteiger partial charge in [0.1, 0.15) is 11.3 Å². The number of fused-ring (bicyclic) bond motifs is 3. The van der Waals surface area contributed by atoms with E-state index in [2.05, 4.69) is 11.0 Å². The second-order valence-electron chi connectivity index (χ2n) is 8.45. The number of benzene rings is 1. The highest BCUT2D eigenvalue weighted by molar-refractivity contribution is 5.86. The van der Waals surface area contributed by atoms with Crippen LogP contribution in [0.3, 0.4) is 0 Å². The zero-order valence-electron chi connectivity index (χ0n) is 18.3. The first-order valence-electron chi connectivity index (χ1n) is 11.1. The molecule has 1 unspecified atom stereocenters. The molecule has 164 valence electrons. The predicted molar refractivity (Wildman–Crippen MR) is 117 cm³/mol. The molecule has 0 bridgehead atoms. The summed E-state index contributed by atoms with van der Waals surface area (Å²) in [5.74, 6) is 0.538. The minimum atomic E-state index is -0.623. The molecule has 7 heteroatoms. The van der Waals surface area contributed by atoms with Gasteiger partial charge in [0, 0.05) is 49.1 Å². The average Bonchev–Trinajstić information content (AvgIpc) is 3.27. The molecule has 4 rings (SSSR count). The van der Waals surface area contributed by atoms with Crippen molar-refractivity contribution in [3.63, 3.8) is 0 Å². The third-order valence-corrected chi connectivity index (χ3v) is 6.44. The Bertz CT molecular complexity index is 1080. The maximum Gasteiger partial charge on any atom is 0.339 e. The number of hydrogen-bond donors (Lipinski definition) is 0. The lowest BCUT2D eigenvalue weighted by Gasteiger charge is -2.35. The number of carbonyl (C=O) groups is 1. The number of unbranched alkanes of at least 4 members (excludes halogenated alkanes) is 1. The Hall–Kier alpha value is -2.85. The quantitative estimate of drug-likeness (QED) is 0.525. The van der Waals surface area contributed by atoms with Crippen LogP contribution in [-0.2, 0) is 17.6 Å². The molecule has 1 aromatic carbocycles. The average molecular weight is 424 g/mol. The van der Waals surface area contributed by atoms with E-state index in [1.54, 1.807) is 6.92 Å². The molecule has 2 aliphatic rings. The van der Waals surface area contributed by atoms with Gasteiger partial charge in [-0.25, -0.2) is 4.79 Å². The smallest absolute Gasteiger partial charge is 0.339 e. The van der Waals surface area contributed by atoms with E-state index in [0.29, 0.717) is 30.8 Å². The van der Waals surface area contributed by atoms with Crippen molar-refractivity contribution in [2.24, 2.45) is 0 Å². The van der Waals surface area contributed by atoms with Crippen LogP contribution in [0.5, 0.6) is 5.75 Å². The lowest BCUT2D eigenvalue weighted by molar-refractivity contribution is -0.139. The van der Waals surface area contributed by atoms with Crippen LogP contribution >= 0.6 is 0 Å². The summed E-state index contributed by atoms with van der Waals surface area (Å²) >= 11 is 0. The molecule has 1 aliphatic carbocycles. The molecule has 1 amide bonds. The van der Waals surface area contributed by atoms with Crippen molar-refractivity contribution < 1.29 is 13.9 Å². The number of nitriles is 1. The number of amides is 1. The van der Waals surface area contributed by atoms with E-state index in [0.717, 1.165) is 67.4 Å². The SMILES string of the molecule is Cc1c(OC(C)C(=O)N2CCN(CCCC#N)CC2)ccc2c3c(c(=O)oc12)CCC3. The summed E-state index contributed by atoms with van der Waals surface area (Å²) in [5, 5.41) is 9.64. The van der Waals surface area contributed by atoms with Gasteiger partial charge in [0.15, 0.2) is 6.10 Å². The number of rotatable bonds is 6. The maximum absolute atomic E-state index is 12.9. The van der Waals surface area contributed by atoms with Crippen molar-refractivity contribution >= 4 is 16.9 Å². The van der Waals surface area contributed by atoms with E-state index in [1.165, 1.54) is 0 Å². The molecule has 0 spiro atoms. The van der Waals surface area contributed by atoms with E-state index in [1.807, 2.05) is 24.0 Å². The minimum Gasteiger partial charge on any atom is -0.480 e. The summed E-state index contributed by atoms with van der Waals surface area (Å²) in [4.78, 5) is 29.4. The summed E-state index contributed by atoms with van der Waals surface area (Å²) < 4.78 is 11.7. The van der Waals surface area contributed by atoms with Crippen LogP contribution in [0.2, 0.25) is 0 Å². The largest absolute Gasteiger partial charge is 0.480 e. The number of ether oxygens (including phenoxy) is 1. The van der Waals surface area contributed by atoms with E-state index in [4.69, 9.17) is 14.4 Å². The highest BCUT2D eigenvalue weighted by Gasteiger charge is 2.27. The second kappa shape index (κ2) is 9.11. The normalized spacial score (nSPS) is 17.4. The van der Waals surface area contributed by atoms with Crippen molar-refractivity contribution in [2.45, 2.75) is 52.1 Å². The van der Waals surface area contributed by atoms with Crippen molar-refractivity contribution in [1.29, 1.82) is 5.26 Å². The molecule has 0 N–H and O–H groups in total. The molecule has 7 nitrogen and oxygen atoms in total. The third-order valence-electron chi connectivity index (χ3n) is 6.44. The van der Waals surface area contributed by atoms with E-state index < -0.39 is 6.10 Å². The van der Waals surface area contributed by atoms with Crippen molar-refractivity contribution in [3.8, 4) is 11.8 Å².